The number of likely N-dealkylation sites (tertiary alicyclic amines) is 1. The van der Waals surface area contributed by atoms with Gasteiger partial charge in [-0.25, -0.2) is 4.39 Å². The summed E-state index contributed by atoms with van der Waals surface area (Å²) in [5.74, 6) is -0.200. The van der Waals surface area contributed by atoms with Crippen LogP contribution in [0.5, 0.6) is 5.75 Å². The molecule has 2 N–H and O–H groups in total. The van der Waals surface area contributed by atoms with Crippen molar-refractivity contribution in [3.05, 3.63) is 65.5 Å². The smallest absolute Gasteiger partial charge is 0.272 e. The molecule has 0 bridgehead atoms. The van der Waals surface area contributed by atoms with E-state index in [1.54, 1.807) is 30.5 Å². The second-order valence-corrected chi connectivity index (χ2v) is 6.47. The standard InChI is InChI=1S/C19H20FN5O2/c20-14-4-1-2-6-18(14)27-11-8-13-12-16(24-22-13)17-5-3-10-25(17)19(26)15-7-9-21-23-15/h1-2,4,6-7,9,12,17H,3,5,8,10-11H2,(H,21,23)(H,22,24)/t17-/m0/s1. The molecule has 0 aliphatic carbocycles. The summed E-state index contributed by atoms with van der Waals surface area (Å²) in [6.45, 7) is 1.03. The average Bonchev–Trinajstić information content (AvgIpc) is 3.43. The Kier molecular flexibility index (Phi) is 4.86. The molecule has 2 aromatic heterocycles. The Morgan fingerprint density at radius 2 is 2.19 bits per heavy atom. The quantitative estimate of drug-likeness (QED) is 0.699. The van der Waals surface area contributed by atoms with Gasteiger partial charge in [-0.15, -0.1) is 0 Å². The number of carbonyl (C=O) groups is 1. The summed E-state index contributed by atoms with van der Waals surface area (Å²) in [4.78, 5) is 14.4. The monoisotopic (exact) mass is 369 g/mol. The van der Waals surface area contributed by atoms with Crippen LogP contribution in [0.25, 0.3) is 0 Å². The van der Waals surface area contributed by atoms with Gasteiger partial charge >= 0.3 is 0 Å². The Labute approximate surface area is 155 Å². The minimum absolute atomic E-state index is 0.0571. The van der Waals surface area contributed by atoms with Crippen LogP contribution in [-0.4, -0.2) is 44.4 Å². The Bertz CT molecular complexity index is 908. The number of aromatic amines is 2. The molecule has 1 aliphatic rings. The van der Waals surface area contributed by atoms with Crippen LogP contribution in [0.2, 0.25) is 0 Å². The lowest BCUT2D eigenvalue weighted by atomic mass is 10.1. The number of hydrogen-bond acceptors (Lipinski definition) is 4. The van der Waals surface area contributed by atoms with Gasteiger partial charge in [0.1, 0.15) is 5.69 Å². The number of nitrogens with one attached hydrogen (secondary N) is 2. The van der Waals surface area contributed by atoms with Crippen LogP contribution in [0.3, 0.4) is 0 Å². The van der Waals surface area contributed by atoms with E-state index < -0.39 is 0 Å². The SMILES string of the molecule is O=C(c1ccn[nH]1)N1CCC[C@H]1c1cc(CCOc2ccccc2F)[nH]n1. The van der Waals surface area contributed by atoms with Crippen molar-refractivity contribution >= 4 is 5.91 Å². The molecule has 3 heterocycles. The van der Waals surface area contributed by atoms with Crippen molar-refractivity contribution in [3.8, 4) is 5.75 Å². The molecular formula is C19H20FN5O2. The Morgan fingerprint density at radius 1 is 1.30 bits per heavy atom. The number of rotatable bonds is 6. The maximum absolute atomic E-state index is 13.6. The van der Waals surface area contributed by atoms with E-state index in [-0.39, 0.29) is 23.5 Å². The first-order chi connectivity index (χ1) is 13.2. The van der Waals surface area contributed by atoms with Gasteiger partial charge in [0.05, 0.1) is 18.3 Å². The van der Waals surface area contributed by atoms with Crippen LogP contribution >= 0.6 is 0 Å². The molecule has 0 radical (unpaired) electrons. The summed E-state index contributed by atoms with van der Waals surface area (Å²) in [6.07, 6.45) is 3.95. The zero-order valence-electron chi connectivity index (χ0n) is 14.7. The fourth-order valence-corrected chi connectivity index (χ4v) is 3.36. The molecule has 140 valence electrons. The number of aromatic nitrogens is 4. The topological polar surface area (TPSA) is 86.9 Å². The molecule has 1 saturated heterocycles. The summed E-state index contributed by atoms with van der Waals surface area (Å²) < 4.78 is 19.1. The molecule has 27 heavy (non-hydrogen) atoms. The van der Waals surface area contributed by atoms with Gasteiger partial charge in [-0.1, -0.05) is 12.1 Å². The minimum Gasteiger partial charge on any atom is -0.490 e. The van der Waals surface area contributed by atoms with Gasteiger partial charge in [-0.3, -0.25) is 15.0 Å². The van der Waals surface area contributed by atoms with E-state index in [4.69, 9.17) is 4.74 Å². The molecule has 4 rings (SSSR count). The van der Waals surface area contributed by atoms with Crippen molar-refractivity contribution in [1.82, 2.24) is 25.3 Å². The number of benzene rings is 1. The molecule has 0 saturated carbocycles. The number of nitrogens with zero attached hydrogens (tertiary/aromatic N) is 3. The number of amides is 1. The first-order valence-electron chi connectivity index (χ1n) is 8.94. The van der Waals surface area contributed by atoms with E-state index in [0.717, 1.165) is 24.2 Å². The maximum Gasteiger partial charge on any atom is 0.272 e. The molecule has 3 aromatic rings. The predicted octanol–water partition coefficient (Wildman–Crippen LogP) is 2.87. The molecule has 1 amide bonds. The fraction of sp³-hybridized carbons (Fsp3) is 0.316. The zero-order valence-corrected chi connectivity index (χ0v) is 14.7. The molecular weight excluding hydrogens is 349 g/mol. The van der Waals surface area contributed by atoms with Gasteiger partial charge in [0, 0.05) is 24.9 Å². The number of ether oxygens (including phenoxy) is 1. The van der Waals surface area contributed by atoms with E-state index >= 15 is 0 Å². The lowest BCUT2D eigenvalue weighted by molar-refractivity contribution is 0.0727. The number of hydrogen-bond donors (Lipinski definition) is 2. The van der Waals surface area contributed by atoms with Crippen LogP contribution in [-0.2, 0) is 6.42 Å². The summed E-state index contributed by atoms with van der Waals surface area (Å²) >= 11 is 0. The molecule has 1 aliphatic heterocycles. The fourth-order valence-electron chi connectivity index (χ4n) is 3.36. The maximum atomic E-state index is 13.6. The van der Waals surface area contributed by atoms with Gasteiger partial charge in [0.2, 0.25) is 0 Å². The first kappa shape index (κ1) is 17.3. The van der Waals surface area contributed by atoms with Crippen LogP contribution < -0.4 is 4.74 Å². The van der Waals surface area contributed by atoms with Crippen molar-refractivity contribution in [3.63, 3.8) is 0 Å². The van der Waals surface area contributed by atoms with Crippen LogP contribution in [0.1, 0.15) is 40.8 Å². The van der Waals surface area contributed by atoms with Gasteiger partial charge in [-0.2, -0.15) is 10.2 Å². The van der Waals surface area contributed by atoms with E-state index in [2.05, 4.69) is 20.4 Å². The molecule has 7 nitrogen and oxygen atoms in total. The van der Waals surface area contributed by atoms with Crippen molar-refractivity contribution < 1.29 is 13.9 Å². The molecule has 1 aromatic carbocycles. The Hall–Kier alpha value is -3.16. The highest BCUT2D eigenvalue weighted by molar-refractivity contribution is 5.92. The lowest BCUT2D eigenvalue weighted by Crippen LogP contribution is -2.31. The molecule has 1 atom stereocenters. The molecule has 1 fully saturated rings. The van der Waals surface area contributed by atoms with Gasteiger partial charge in [-0.05, 0) is 37.1 Å². The normalized spacial score (nSPS) is 16.6. The summed E-state index contributed by atoms with van der Waals surface area (Å²) in [7, 11) is 0. The van der Waals surface area contributed by atoms with Crippen molar-refractivity contribution in [2.75, 3.05) is 13.2 Å². The van der Waals surface area contributed by atoms with Crippen LogP contribution in [0.4, 0.5) is 4.39 Å². The average molecular weight is 369 g/mol. The second-order valence-electron chi connectivity index (χ2n) is 6.47. The van der Waals surface area contributed by atoms with Gasteiger partial charge < -0.3 is 9.64 Å². The summed E-state index contributed by atoms with van der Waals surface area (Å²) in [6, 6.07) is 9.90. The number of carbonyl (C=O) groups excluding carboxylic acids is 1. The zero-order chi connectivity index (χ0) is 18.6. The van der Waals surface area contributed by atoms with Crippen LogP contribution in [0, 0.1) is 5.82 Å². The van der Waals surface area contributed by atoms with Crippen LogP contribution in [0.15, 0.2) is 42.6 Å². The Balaban J connectivity index is 1.38. The van der Waals surface area contributed by atoms with Crippen molar-refractivity contribution in [2.24, 2.45) is 0 Å². The molecule has 0 unspecified atom stereocenters. The van der Waals surface area contributed by atoms with E-state index in [1.807, 2.05) is 11.0 Å². The number of halogens is 1. The van der Waals surface area contributed by atoms with E-state index in [1.165, 1.54) is 6.07 Å². The predicted molar refractivity (Wildman–Crippen MR) is 95.8 cm³/mol. The van der Waals surface area contributed by atoms with Gasteiger partial charge in [0.15, 0.2) is 11.6 Å². The highest BCUT2D eigenvalue weighted by Gasteiger charge is 2.32. The highest BCUT2D eigenvalue weighted by atomic mass is 19.1. The molecule has 0 spiro atoms. The second kappa shape index (κ2) is 7.61. The van der Waals surface area contributed by atoms with Crippen molar-refractivity contribution in [2.45, 2.75) is 25.3 Å². The number of H-pyrrole nitrogens is 2. The lowest BCUT2D eigenvalue weighted by Gasteiger charge is -2.22. The first-order valence-corrected chi connectivity index (χ1v) is 8.94. The third-order valence-electron chi connectivity index (χ3n) is 4.70. The summed E-state index contributed by atoms with van der Waals surface area (Å²) in [5, 5.41) is 13.9. The summed E-state index contributed by atoms with van der Waals surface area (Å²) in [5.41, 5.74) is 2.21. The highest BCUT2D eigenvalue weighted by Crippen LogP contribution is 2.32. The number of para-hydroxylation sites is 1. The third-order valence-corrected chi connectivity index (χ3v) is 4.70. The minimum atomic E-state index is -0.373. The van der Waals surface area contributed by atoms with Gasteiger partial charge in [0.25, 0.3) is 5.91 Å². The van der Waals surface area contributed by atoms with E-state index in [0.29, 0.717) is 25.3 Å². The molecule has 8 heteroatoms. The Morgan fingerprint density at radius 3 is 3.00 bits per heavy atom. The van der Waals surface area contributed by atoms with E-state index in [9.17, 15) is 9.18 Å². The third kappa shape index (κ3) is 3.69. The van der Waals surface area contributed by atoms with Crippen molar-refractivity contribution in [1.29, 1.82) is 0 Å². The largest absolute Gasteiger partial charge is 0.490 e.